The first-order valence-electron chi connectivity index (χ1n) is 8.78. The van der Waals surface area contributed by atoms with Crippen molar-refractivity contribution in [1.82, 2.24) is 14.9 Å². The molecule has 0 spiro atoms. The largest absolute Gasteiger partial charge is 0.369 e. The summed E-state index contributed by atoms with van der Waals surface area (Å²) >= 11 is 0. The lowest BCUT2D eigenvalue weighted by atomic mass is 10.0. The van der Waals surface area contributed by atoms with Crippen molar-refractivity contribution in [2.24, 2.45) is 11.7 Å². The molecule has 3 fully saturated rings. The molecule has 3 aliphatic rings. The first-order valence-corrected chi connectivity index (χ1v) is 8.78. The fourth-order valence-corrected chi connectivity index (χ4v) is 3.89. The number of carbonyl (C=O) groups is 2. The Morgan fingerprint density at radius 2 is 1.83 bits per heavy atom. The van der Waals surface area contributed by atoms with Crippen molar-refractivity contribution in [3.63, 3.8) is 0 Å². The predicted molar refractivity (Wildman–Crippen MR) is 88.3 cm³/mol. The molecule has 0 radical (unpaired) electrons. The van der Waals surface area contributed by atoms with Gasteiger partial charge < -0.3 is 15.5 Å². The number of anilines is 1. The van der Waals surface area contributed by atoms with E-state index in [4.69, 9.17) is 5.73 Å². The smallest absolute Gasteiger partial charge is 0.223 e. The molecule has 2 N–H and O–H groups in total. The summed E-state index contributed by atoms with van der Waals surface area (Å²) in [5, 5.41) is 0. The second-order valence-electron chi connectivity index (χ2n) is 7.11. The Balaban J connectivity index is 1.41. The van der Waals surface area contributed by atoms with Crippen LogP contribution in [0.3, 0.4) is 0 Å². The van der Waals surface area contributed by atoms with E-state index in [2.05, 4.69) is 14.9 Å². The number of nitrogens with zero attached hydrogens (tertiary/aromatic N) is 4. The van der Waals surface area contributed by atoms with Crippen molar-refractivity contribution >= 4 is 17.6 Å². The van der Waals surface area contributed by atoms with Crippen LogP contribution in [0.1, 0.15) is 43.7 Å². The van der Waals surface area contributed by atoms with Gasteiger partial charge in [-0.3, -0.25) is 14.6 Å². The van der Waals surface area contributed by atoms with Crippen molar-refractivity contribution in [2.75, 3.05) is 24.5 Å². The molecule has 1 aromatic rings. The second-order valence-corrected chi connectivity index (χ2v) is 7.11. The van der Waals surface area contributed by atoms with E-state index in [1.54, 1.807) is 12.4 Å². The molecule has 7 nitrogen and oxygen atoms in total. The van der Waals surface area contributed by atoms with Gasteiger partial charge in [0.15, 0.2) is 5.82 Å². The van der Waals surface area contributed by atoms with Crippen molar-refractivity contribution in [1.29, 1.82) is 0 Å². The van der Waals surface area contributed by atoms with E-state index in [0.29, 0.717) is 12.5 Å². The van der Waals surface area contributed by atoms with Crippen molar-refractivity contribution in [2.45, 2.75) is 44.1 Å². The molecule has 0 bridgehead atoms. The lowest BCUT2D eigenvalue weighted by Gasteiger charge is -2.37. The number of piperidine rings is 1. The SMILES string of the molecule is NC(=O)C1CC(=O)N(C2CCN(c3nccnc3C3CC3)CC2)C1. The Morgan fingerprint density at radius 3 is 2.46 bits per heavy atom. The molecule has 1 aromatic heterocycles. The van der Waals surface area contributed by atoms with Crippen LogP contribution in [-0.2, 0) is 9.59 Å². The minimum absolute atomic E-state index is 0.0652. The second kappa shape index (κ2) is 6.03. The van der Waals surface area contributed by atoms with E-state index in [9.17, 15) is 9.59 Å². The van der Waals surface area contributed by atoms with E-state index in [1.807, 2.05) is 4.90 Å². The zero-order chi connectivity index (χ0) is 16.7. The van der Waals surface area contributed by atoms with Crippen LogP contribution in [0, 0.1) is 5.92 Å². The van der Waals surface area contributed by atoms with Crippen LogP contribution < -0.4 is 10.6 Å². The number of rotatable bonds is 4. The molecular formula is C17H23N5O2. The van der Waals surface area contributed by atoms with Gasteiger partial charge >= 0.3 is 0 Å². The highest BCUT2D eigenvalue weighted by Gasteiger charge is 2.38. The number of hydrogen-bond acceptors (Lipinski definition) is 5. The summed E-state index contributed by atoms with van der Waals surface area (Å²) in [5.41, 5.74) is 6.49. The zero-order valence-corrected chi connectivity index (χ0v) is 13.7. The molecule has 0 aromatic carbocycles. The average molecular weight is 329 g/mol. The van der Waals surface area contributed by atoms with Gasteiger partial charge in [-0.2, -0.15) is 0 Å². The number of likely N-dealkylation sites (tertiary alicyclic amines) is 1. The van der Waals surface area contributed by atoms with E-state index >= 15 is 0 Å². The first-order chi connectivity index (χ1) is 11.6. The third kappa shape index (κ3) is 2.83. The van der Waals surface area contributed by atoms with Crippen LogP contribution in [0.2, 0.25) is 0 Å². The number of carbonyl (C=O) groups excluding carboxylic acids is 2. The van der Waals surface area contributed by atoms with Gasteiger partial charge in [-0.25, -0.2) is 4.98 Å². The predicted octanol–water partition coefficient (Wildman–Crippen LogP) is 0.657. The minimum Gasteiger partial charge on any atom is -0.369 e. The number of hydrogen-bond donors (Lipinski definition) is 1. The van der Waals surface area contributed by atoms with E-state index < -0.39 is 0 Å². The molecule has 4 rings (SSSR count). The highest BCUT2D eigenvalue weighted by molar-refractivity contribution is 5.88. The number of primary amides is 1. The summed E-state index contributed by atoms with van der Waals surface area (Å²) in [7, 11) is 0. The monoisotopic (exact) mass is 329 g/mol. The highest BCUT2D eigenvalue weighted by Crippen LogP contribution is 2.42. The van der Waals surface area contributed by atoms with Gasteiger partial charge in [0.05, 0.1) is 11.6 Å². The maximum Gasteiger partial charge on any atom is 0.223 e. The highest BCUT2D eigenvalue weighted by atomic mass is 16.2. The van der Waals surface area contributed by atoms with Crippen LogP contribution >= 0.6 is 0 Å². The number of nitrogens with two attached hydrogens (primary N) is 1. The molecule has 128 valence electrons. The topological polar surface area (TPSA) is 92.4 Å². The summed E-state index contributed by atoms with van der Waals surface area (Å²) in [6.45, 7) is 2.22. The van der Waals surface area contributed by atoms with Crippen LogP contribution in [0.25, 0.3) is 0 Å². The van der Waals surface area contributed by atoms with Gasteiger partial charge in [0.25, 0.3) is 0 Å². The third-order valence-electron chi connectivity index (χ3n) is 5.44. The molecule has 2 aliphatic heterocycles. The molecule has 2 amide bonds. The summed E-state index contributed by atoms with van der Waals surface area (Å²) in [6.07, 6.45) is 8.02. The number of aromatic nitrogens is 2. The normalized spacial score (nSPS) is 25.3. The summed E-state index contributed by atoms with van der Waals surface area (Å²) in [4.78, 5) is 36.8. The Labute approximate surface area is 141 Å². The van der Waals surface area contributed by atoms with Gasteiger partial charge in [0.2, 0.25) is 11.8 Å². The Bertz CT molecular complexity index is 652. The lowest BCUT2D eigenvalue weighted by molar-refractivity contribution is -0.130. The van der Waals surface area contributed by atoms with Crippen LogP contribution in [-0.4, -0.2) is 52.4 Å². The Morgan fingerprint density at radius 1 is 1.12 bits per heavy atom. The Kier molecular flexibility index (Phi) is 3.86. The average Bonchev–Trinajstić information content (AvgIpc) is 3.37. The molecule has 1 atom stereocenters. The number of amides is 2. The van der Waals surface area contributed by atoms with Crippen molar-refractivity contribution < 1.29 is 9.59 Å². The summed E-state index contributed by atoms with van der Waals surface area (Å²) < 4.78 is 0. The van der Waals surface area contributed by atoms with Gasteiger partial charge in [-0.05, 0) is 25.7 Å². The summed E-state index contributed by atoms with van der Waals surface area (Å²) in [6, 6.07) is 0.208. The zero-order valence-electron chi connectivity index (χ0n) is 13.7. The minimum atomic E-state index is -0.364. The fraction of sp³-hybridized carbons (Fsp3) is 0.647. The van der Waals surface area contributed by atoms with Gasteiger partial charge in [-0.15, -0.1) is 0 Å². The summed E-state index contributed by atoms with van der Waals surface area (Å²) in [5.74, 6) is 0.966. The molecule has 7 heteroatoms. The maximum absolute atomic E-state index is 12.2. The van der Waals surface area contributed by atoms with Crippen LogP contribution in [0.4, 0.5) is 5.82 Å². The lowest BCUT2D eigenvalue weighted by Crippen LogP contribution is -2.46. The maximum atomic E-state index is 12.2. The molecule has 3 heterocycles. The molecule has 24 heavy (non-hydrogen) atoms. The van der Waals surface area contributed by atoms with E-state index in [0.717, 1.165) is 37.4 Å². The molecular weight excluding hydrogens is 306 g/mol. The quantitative estimate of drug-likeness (QED) is 0.876. The van der Waals surface area contributed by atoms with Crippen molar-refractivity contribution in [3.05, 3.63) is 18.1 Å². The van der Waals surface area contributed by atoms with E-state index in [-0.39, 0.29) is 30.2 Å². The van der Waals surface area contributed by atoms with Gasteiger partial charge in [0, 0.05) is 50.4 Å². The Hall–Kier alpha value is -2.18. The molecule has 2 saturated heterocycles. The van der Waals surface area contributed by atoms with E-state index in [1.165, 1.54) is 12.8 Å². The van der Waals surface area contributed by atoms with Crippen molar-refractivity contribution in [3.8, 4) is 0 Å². The first kappa shape index (κ1) is 15.4. The van der Waals surface area contributed by atoms with Crippen LogP contribution in [0.15, 0.2) is 12.4 Å². The fourth-order valence-electron chi connectivity index (χ4n) is 3.89. The standard InChI is InChI=1S/C17H23N5O2/c18-16(24)12-9-14(23)22(10-12)13-3-7-21(8-4-13)17-15(11-1-2-11)19-5-6-20-17/h5-6,11-13H,1-4,7-10H2,(H2,18,24). The van der Waals surface area contributed by atoms with Gasteiger partial charge in [0.1, 0.15) is 0 Å². The third-order valence-corrected chi connectivity index (χ3v) is 5.44. The molecule has 1 saturated carbocycles. The molecule has 1 unspecified atom stereocenters. The van der Waals surface area contributed by atoms with Crippen LogP contribution in [0.5, 0.6) is 0 Å². The molecule has 1 aliphatic carbocycles. The van der Waals surface area contributed by atoms with Gasteiger partial charge in [-0.1, -0.05) is 0 Å².